The highest BCUT2D eigenvalue weighted by molar-refractivity contribution is 9.10. The van der Waals surface area contributed by atoms with E-state index in [2.05, 4.69) is 33.4 Å². The molecule has 98 valence electrons. The second-order valence-electron chi connectivity index (χ2n) is 4.78. The van der Waals surface area contributed by atoms with Crippen molar-refractivity contribution in [3.8, 4) is 0 Å². The van der Waals surface area contributed by atoms with E-state index in [-0.39, 0.29) is 11.3 Å². The largest absolute Gasteiger partial charge is 0.384 e. The van der Waals surface area contributed by atoms with Crippen molar-refractivity contribution in [1.82, 2.24) is 5.32 Å². The lowest BCUT2D eigenvalue weighted by Gasteiger charge is -2.18. The molecule has 0 heterocycles. The van der Waals surface area contributed by atoms with Crippen molar-refractivity contribution in [3.63, 3.8) is 0 Å². The Hall–Kier alpha value is -0.870. The van der Waals surface area contributed by atoms with Crippen molar-refractivity contribution in [2.45, 2.75) is 24.7 Å². The Labute approximate surface area is 116 Å². The van der Waals surface area contributed by atoms with E-state index in [0.29, 0.717) is 13.0 Å². The summed E-state index contributed by atoms with van der Waals surface area (Å²) in [6.45, 7) is 1.20. The first kappa shape index (κ1) is 13.6. The zero-order chi connectivity index (χ0) is 13.0. The minimum Gasteiger partial charge on any atom is -0.384 e. The average Bonchev–Trinajstić information content (AvgIpc) is 3.15. The molecule has 0 bridgehead atoms. The number of halogens is 1. The predicted molar refractivity (Wildman–Crippen MR) is 74.6 cm³/mol. The van der Waals surface area contributed by atoms with Gasteiger partial charge in [-0.2, -0.15) is 0 Å². The summed E-state index contributed by atoms with van der Waals surface area (Å²) in [7, 11) is 1.61. The van der Waals surface area contributed by atoms with Gasteiger partial charge in [0.25, 0.3) is 0 Å². The van der Waals surface area contributed by atoms with Gasteiger partial charge >= 0.3 is 0 Å². The second-order valence-corrected chi connectivity index (χ2v) is 5.63. The molecule has 0 aromatic heterocycles. The normalized spacial score (nSPS) is 16.3. The number of carbonyl (C=O) groups excluding carboxylic acids is 1. The lowest BCUT2D eigenvalue weighted by atomic mass is 9.96. The van der Waals surface area contributed by atoms with Crippen LogP contribution >= 0.6 is 15.9 Å². The summed E-state index contributed by atoms with van der Waals surface area (Å²) in [4.78, 5) is 11.6. The second kappa shape index (κ2) is 5.85. The summed E-state index contributed by atoms with van der Waals surface area (Å²) in [6.07, 6.45) is 2.71. The highest BCUT2D eigenvalue weighted by Crippen LogP contribution is 2.49. The third-order valence-corrected chi connectivity index (χ3v) is 4.15. The standard InChI is InChI=1S/C14H18BrNO2/c1-18-9-6-13(17)16-10-14(7-8-14)11-4-2-3-5-12(11)15/h2-5H,6-10H2,1H3,(H,16,17). The van der Waals surface area contributed by atoms with Gasteiger partial charge in [-0.25, -0.2) is 0 Å². The van der Waals surface area contributed by atoms with E-state index >= 15 is 0 Å². The molecule has 1 aliphatic rings. The van der Waals surface area contributed by atoms with Crippen LogP contribution in [-0.4, -0.2) is 26.2 Å². The third kappa shape index (κ3) is 3.12. The molecule has 0 unspecified atom stereocenters. The van der Waals surface area contributed by atoms with Crippen molar-refractivity contribution < 1.29 is 9.53 Å². The van der Waals surface area contributed by atoms with E-state index in [9.17, 15) is 4.79 Å². The van der Waals surface area contributed by atoms with E-state index in [1.54, 1.807) is 7.11 Å². The maximum Gasteiger partial charge on any atom is 0.222 e. The number of nitrogens with one attached hydrogen (secondary N) is 1. The molecule has 0 saturated heterocycles. The molecule has 1 aromatic carbocycles. The highest BCUT2D eigenvalue weighted by Gasteiger charge is 2.45. The molecule has 1 aromatic rings. The molecule has 2 rings (SSSR count). The quantitative estimate of drug-likeness (QED) is 0.877. The molecule has 0 atom stereocenters. The number of rotatable bonds is 6. The fourth-order valence-corrected chi connectivity index (χ4v) is 2.84. The number of carbonyl (C=O) groups is 1. The third-order valence-electron chi connectivity index (χ3n) is 3.46. The first-order valence-corrected chi connectivity index (χ1v) is 6.98. The Balaban J connectivity index is 1.93. The molecule has 3 nitrogen and oxygen atoms in total. The van der Waals surface area contributed by atoms with E-state index in [1.165, 1.54) is 5.56 Å². The van der Waals surface area contributed by atoms with Crippen LogP contribution in [0.5, 0.6) is 0 Å². The van der Waals surface area contributed by atoms with Crippen LogP contribution in [0.2, 0.25) is 0 Å². The molecule has 0 aliphatic heterocycles. The Morgan fingerprint density at radius 3 is 2.78 bits per heavy atom. The average molecular weight is 312 g/mol. The lowest BCUT2D eigenvalue weighted by Crippen LogP contribution is -2.32. The van der Waals surface area contributed by atoms with Gasteiger partial charge < -0.3 is 10.1 Å². The number of ether oxygens (including phenoxy) is 1. The fraction of sp³-hybridized carbons (Fsp3) is 0.500. The van der Waals surface area contributed by atoms with Crippen LogP contribution in [0.25, 0.3) is 0 Å². The first-order chi connectivity index (χ1) is 8.68. The van der Waals surface area contributed by atoms with Crippen LogP contribution in [0.15, 0.2) is 28.7 Å². The maximum absolute atomic E-state index is 11.6. The lowest BCUT2D eigenvalue weighted by molar-refractivity contribution is -0.122. The Kier molecular flexibility index (Phi) is 4.40. The Morgan fingerprint density at radius 1 is 1.44 bits per heavy atom. The molecule has 1 saturated carbocycles. The molecule has 4 heteroatoms. The van der Waals surface area contributed by atoms with Gasteiger partial charge in [0.05, 0.1) is 6.61 Å². The number of hydrogen-bond donors (Lipinski definition) is 1. The van der Waals surface area contributed by atoms with Crippen LogP contribution in [0.1, 0.15) is 24.8 Å². The van der Waals surface area contributed by atoms with Gasteiger partial charge in [-0.1, -0.05) is 34.1 Å². The van der Waals surface area contributed by atoms with Gasteiger partial charge in [0.1, 0.15) is 0 Å². The summed E-state index contributed by atoms with van der Waals surface area (Å²) in [5.41, 5.74) is 1.44. The maximum atomic E-state index is 11.6. The number of benzene rings is 1. The summed E-state index contributed by atoms with van der Waals surface area (Å²) in [5.74, 6) is 0.0650. The zero-order valence-corrected chi connectivity index (χ0v) is 12.1. The minimum absolute atomic E-state index is 0.0650. The van der Waals surface area contributed by atoms with Crippen LogP contribution in [-0.2, 0) is 14.9 Å². The van der Waals surface area contributed by atoms with E-state index in [4.69, 9.17) is 4.74 Å². The van der Waals surface area contributed by atoms with Gasteiger partial charge in [-0.3, -0.25) is 4.79 Å². The number of hydrogen-bond acceptors (Lipinski definition) is 2. The van der Waals surface area contributed by atoms with Crippen molar-refractivity contribution in [2.75, 3.05) is 20.3 Å². The Bertz CT molecular complexity index is 430. The highest BCUT2D eigenvalue weighted by atomic mass is 79.9. The molecule has 1 fully saturated rings. The van der Waals surface area contributed by atoms with Crippen molar-refractivity contribution in [3.05, 3.63) is 34.3 Å². The number of methoxy groups -OCH3 is 1. The smallest absolute Gasteiger partial charge is 0.222 e. The summed E-state index contributed by atoms with van der Waals surface area (Å²) in [5, 5.41) is 3.01. The molecule has 0 spiro atoms. The zero-order valence-electron chi connectivity index (χ0n) is 10.5. The molecular formula is C14H18BrNO2. The predicted octanol–water partition coefficient (Wildman–Crippen LogP) is 2.63. The Morgan fingerprint density at radius 2 is 2.17 bits per heavy atom. The molecule has 1 aliphatic carbocycles. The summed E-state index contributed by atoms with van der Waals surface area (Å²) < 4.78 is 6.03. The first-order valence-electron chi connectivity index (χ1n) is 6.19. The number of amides is 1. The molecule has 18 heavy (non-hydrogen) atoms. The van der Waals surface area contributed by atoms with Crippen molar-refractivity contribution >= 4 is 21.8 Å². The van der Waals surface area contributed by atoms with Crippen LogP contribution in [0, 0.1) is 0 Å². The van der Waals surface area contributed by atoms with E-state index < -0.39 is 0 Å². The van der Waals surface area contributed by atoms with Crippen molar-refractivity contribution in [2.24, 2.45) is 0 Å². The topological polar surface area (TPSA) is 38.3 Å². The van der Waals surface area contributed by atoms with Crippen LogP contribution in [0.4, 0.5) is 0 Å². The van der Waals surface area contributed by atoms with Crippen LogP contribution in [0.3, 0.4) is 0 Å². The molecule has 0 radical (unpaired) electrons. The summed E-state index contributed by atoms with van der Waals surface area (Å²) in [6, 6.07) is 8.26. The summed E-state index contributed by atoms with van der Waals surface area (Å²) >= 11 is 3.59. The molecule has 1 N–H and O–H groups in total. The van der Waals surface area contributed by atoms with Gasteiger partial charge in [-0.05, 0) is 24.5 Å². The van der Waals surface area contributed by atoms with Gasteiger partial charge in [0, 0.05) is 30.0 Å². The van der Waals surface area contributed by atoms with Crippen molar-refractivity contribution in [1.29, 1.82) is 0 Å². The van der Waals surface area contributed by atoms with Gasteiger partial charge in [0.15, 0.2) is 0 Å². The monoisotopic (exact) mass is 311 g/mol. The minimum atomic E-state index is 0.0650. The van der Waals surface area contributed by atoms with Gasteiger partial charge in [-0.15, -0.1) is 0 Å². The van der Waals surface area contributed by atoms with E-state index in [1.807, 2.05) is 12.1 Å². The van der Waals surface area contributed by atoms with Gasteiger partial charge in [0.2, 0.25) is 5.91 Å². The van der Waals surface area contributed by atoms with Crippen LogP contribution < -0.4 is 5.32 Å². The molecule has 1 amide bonds. The van der Waals surface area contributed by atoms with E-state index in [0.717, 1.165) is 23.9 Å². The fourth-order valence-electron chi connectivity index (χ4n) is 2.13. The molecular weight excluding hydrogens is 294 g/mol. The SMILES string of the molecule is COCCC(=O)NCC1(c2ccccc2Br)CC1.